The van der Waals surface area contributed by atoms with Gasteiger partial charge in [-0.2, -0.15) is 0 Å². The number of nitrogens with zero attached hydrogens (tertiary/aromatic N) is 3. The van der Waals surface area contributed by atoms with Crippen molar-refractivity contribution in [3.05, 3.63) is 64.7 Å². The van der Waals surface area contributed by atoms with Crippen LogP contribution in [0.25, 0.3) is 6.08 Å². The van der Waals surface area contributed by atoms with Crippen LogP contribution in [-0.2, 0) is 20.7 Å². The number of halogens is 1. The summed E-state index contributed by atoms with van der Waals surface area (Å²) in [7, 11) is 0. The molecular weight excluding hydrogens is 490 g/mol. The van der Waals surface area contributed by atoms with Crippen LogP contribution in [-0.4, -0.2) is 54.1 Å². The first kappa shape index (κ1) is 26.7. The molecule has 3 amide bonds. The number of benzene rings is 2. The lowest BCUT2D eigenvalue weighted by atomic mass is 10.0. The number of anilines is 2. The van der Waals surface area contributed by atoms with E-state index in [9.17, 15) is 14.4 Å². The molecule has 2 aliphatic rings. The molecule has 4 rings (SSSR count). The van der Waals surface area contributed by atoms with Gasteiger partial charge in [0.2, 0.25) is 5.91 Å². The summed E-state index contributed by atoms with van der Waals surface area (Å²) in [6.07, 6.45) is 5.05. The molecule has 7 nitrogen and oxygen atoms in total. The Kier molecular flexibility index (Phi) is 7.93. The second-order valence-electron chi connectivity index (χ2n) is 10.5. The van der Waals surface area contributed by atoms with Crippen LogP contribution in [0.5, 0.6) is 0 Å². The number of hydrogen-bond donors (Lipinski definition) is 0. The lowest BCUT2D eigenvalue weighted by Gasteiger charge is -2.38. The van der Waals surface area contributed by atoms with Gasteiger partial charge in [-0.3, -0.25) is 9.59 Å². The lowest BCUT2D eigenvalue weighted by molar-refractivity contribution is -0.116. The van der Waals surface area contributed by atoms with E-state index in [4.69, 9.17) is 16.3 Å². The Balaban J connectivity index is 1.59. The molecule has 0 spiro atoms. The van der Waals surface area contributed by atoms with E-state index in [0.29, 0.717) is 37.5 Å². The second kappa shape index (κ2) is 11.0. The first-order valence-electron chi connectivity index (χ1n) is 12.7. The molecule has 1 saturated heterocycles. The van der Waals surface area contributed by atoms with Crippen LogP contribution in [0.4, 0.5) is 16.2 Å². The summed E-state index contributed by atoms with van der Waals surface area (Å²) in [6, 6.07) is 13.1. The van der Waals surface area contributed by atoms with E-state index in [1.165, 1.54) is 0 Å². The number of fused-ring (bicyclic) bond motifs is 1. The van der Waals surface area contributed by atoms with E-state index in [-0.39, 0.29) is 23.9 Å². The fourth-order valence-electron chi connectivity index (χ4n) is 4.82. The Bertz CT molecular complexity index is 1190. The quantitative estimate of drug-likeness (QED) is 0.482. The summed E-state index contributed by atoms with van der Waals surface area (Å²) in [6.45, 7) is 8.75. The highest BCUT2D eigenvalue weighted by Crippen LogP contribution is 2.34. The van der Waals surface area contributed by atoms with Crippen molar-refractivity contribution >= 4 is 47.0 Å². The smallest absolute Gasteiger partial charge is 0.410 e. The van der Waals surface area contributed by atoms with Crippen molar-refractivity contribution in [2.24, 2.45) is 0 Å². The zero-order chi connectivity index (χ0) is 26.7. The van der Waals surface area contributed by atoms with Crippen molar-refractivity contribution in [2.75, 3.05) is 29.4 Å². The van der Waals surface area contributed by atoms with Gasteiger partial charge in [-0.15, -0.1) is 0 Å². The van der Waals surface area contributed by atoms with Crippen LogP contribution in [0.2, 0.25) is 5.02 Å². The van der Waals surface area contributed by atoms with E-state index >= 15 is 0 Å². The van der Waals surface area contributed by atoms with Crippen LogP contribution in [0.15, 0.2) is 48.5 Å². The molecule has 2 aliphatic heterocycles. The van der Waals surface area contributed by atoms with Gasteiger partial charge >= 0.3 is 6.09 Å². The van der Waals surface area contributed by atoms with Crippen molar-refractivity contribution in [2.45, 2.75) is 58.6 Å². The number of rotatable bonds is 4. The molecule has 0 unspecified atom stereocenters. The minimum Gasteiger partial charge on any atom is -0.444 e. The van der Waals surface area contributed by atoms with Crippen LogP contribution in [0.1, 0.15) is 51.7 Å². The van der Waals surface area contributed by atoms with Gasteiger partial charge in [-0.1, -0.05) is 29.8 Å². The molecule has 8 heteroatoms. The molecule has 0 radical (unpaired) electrons. The molecular formula is C29H34ClN3O4. The molecule has 0 aliphatic carbocycles. The van der Waals surface area contributed by atoms with Gasteiger partial charge in [0, 0.05) is 55.1 Å². The van der Waals surface area contributed by atoms with E-state index < -0.39 is 5.60 Å². The molecule has 2 aromatic carbocycles. The largest absolute Gasteiger partial charge is 0.444 e. The molecule has 0 aromatic heterocycles. The van der Waals surface area contributed by atoms with E-state index in [1.807, 2.05) is 51.1 Å². The summed E-state index contributed by atoms with van der Waals surface area (Å²) in [5.74, 6) is -0.167. The van der Waals surface area contributed by atoms with Crippen molar-refractivity contribution in [1.29, 1.82) is 0 Å². The van der Waals surface area contributed by atoms with E-state index in [2.05, 4.69) is 0 Å². The van der Waals surface area contributed by atoms with Gasteiger partial charge in [-0.25, -0.2) is 4.79 Å². The molecule has 2 aromatic rings. The number of piperidine rings is 1. The zero-order valence-corrected chi connectivity index (χ0v) is 22.6. The number of hydrogen-bond acceptors (Lipinski definition) is 4. The minimum atomic E-state index is -0.560. The predicted octanol–water partition coefficient (Wildman–Crippen LogP) is 5.69. The van der Waals surface area contributed by atoms with Crippen molar-refractivity contribution in [3.8, 4) is 0 Å². The van der Waals surface area contributed by atoms with Gasteiger partial charge in [-0.05, 0) is 81.5 Å². The Morgan fingerprint density at radius 1 is 1.03 bits per heavy atom. The molecule has 0 bridgehead atoms. The van der Waals surface area contributed by atoms with Crippen LogP contribution < -0.4 is 9.80 Å². The minimum absolute atomic E-state index is 0.0120. The Labute approximate surface area is 223 Å². The van der Waals surface area contributed by atoms with E-state index in [1.54, 1.807) is 45.9 Å². The van der Waals surface area contributed by atoms with Crippen molar-refractivity contribution in [1.82, 2.24) is 4.90 Å². The summed E-state index contributed by atoms with van der Waals surface area (Å²) < 4.78 is 5.53. The Morgan fingerprint density at radius 2 is 1.70 bits per heavy atom. The van der Waals surface area contributed by atoms with Gasteiger partial charge in [0.1, 0.15) is 5.60 Å². The molecule has 37 heavy (non-hydrogen) atoms. The third kappa shape index (κ3) is 6.52. The fourth-order valence-corrected chi connectivity index (χ4v) is 4.94. The Hall–Kier alpha value is -3.32. The number of likely N-dealkylation sites (tertiary alicyclic amines) is 1. The number of ether oxygens (including phenoxy) is 1. The Morgan fingerprint density at radius 3 is 2.32 bits per heavy atom. The third-order valence-electron chi connectivity index (χ3n) is 6.63. The third-order valence-corrected chi connectivity index (χ3v) is 6.88. The molecule has 196 valence electrons. The SMILES string of the molecule is CC(=O)N1CCc2ccc(N(C(=O)/C=C/c3ccc(Cl)cc3)C3CCN(C(=O)OC(C)(C)C)CC3)cc21. The van der Waals surface area contributed by atoms with Crippen LogP contribution >= 0.6 is 11.6 Å². The average Bonchev–Trinajstić information content (AvgIpc) is 3.27. The molecule has 0 N–H and O–H groups in total. The number of carbonyl (C=O) groups excluding carboxylic acids is 3. The van der Waals surface area contributed by atoms with Gasteiger partial charge < -0.3 is 19.4 Å². The maximum Gasteiger partial charge on any atom is 0.410 e. The monoisotopic (exact) mass is 523 g/mol. The van der Waals surface area contributed by atoms with Crippen LogP contribution in [0.3, 0.4) is 0 Å². The maximum atomic E-state index is 13.6. The fraction of sp³-hybridized carbons (Fsp3) is 0.414. The second-order valence-corrected chi connectivity index (χ2v) is 11.0. The molecule has 2 heterocycles. The van der Waals surface area contributed by atoms with Gasteiger partial charge in [0.05, 0.1) is 0 Å². The predicted molar refractivity (Wildman–Crippen MR) is 147 cm³/mol. The highest BCUT2D eigenvalue weighted by molar-refractivity contribution is 6.30. The van der Waals surface area contributed by atoms with Gasteiger partial charge in [0.25, 0.3) is 5.91 Å². The zero-order valence-electron chi connectivity index (χ0n) is 21.9. The molecule has 1 fully saturated rings. The topological polar surface area (TPSA) is 70.2 Å². The normalized spacial score (nSPS) is 16.1. The highest BCUT2D eigenvalue weighted by atomic mass is 35.5. The first-order chi connectivity index (χ1) is 17.5. The lowest BCUT2D eigenvalue weighted by Crippen LogP contribution is -2.49. The van der Waals surface area contributed by atoms with Crippen LogP contribution in [0, 0.1) is 0 Å². The number of amides is 3. The highest BCUT2D eigenvalue weighted by Gasteiger charge is 2.33. The molecule has 0 saturated carbocycles. The summed E-state index contributed by atoms with van der Waals surface area (Å²) in [5, 5.41) is 0.634. The summed E-state index contributed by atoms with van der Waals surface area (Å²) >= 11 is 5.99. The van der Waals surface area contributed by atoms with Crippen molar-refractivity contribution in [3.63, 3.8) is 0 Å². The maximum absolute atomic E-state index is 13.6. The van der Waals surface area contributed by atoms with Crippen molar-refractivity contribution < 1.29 is 19.1 Å². The first-order valence-corrected chi connectivity index (χ1v) is 13.1. The molecule has 0 atom stereocenters. The van der Waals surface area contributed by atoms with Gasteiger partial charge in [0.15, 0.2) is 0 Å². The summed E-state index contributed by atoms with van der Waals surface area (Å²) in [5.41, 5.74) is 3.01. The van der Waals surface area contributed by atoms with E-state index in [0.717, 1.165) is 28.9 Å². The average molecular weight is 524 g/mol. The summed E-state index contributed by atoms with van der Waals surface area (Å²) in [4.78, 5) is 43.6. The number of carbonyl (C=O) groups is 3. The standard InChI is InChI=1S/C29H34ClN3O4/c1-20(34)32-18-13-22-8-11-25(19-26(22)32)33(27(35)12-7-21-5-9-23(30)10-6-21)24-14-16-31(17-15-24)28(36)37-29(2,3)4/h5-12,19,24H,13-18H2,1-4H3/b12-7+.